The molecule has 142 valence electrons. The van der Waals surface area contributed by atoms with Gasteiger partial charge in [-0.25, -0.2) is 0 Å². The molecule has 1 saturated heterocycles. The summed E-state index contributed by atoms with van der Waals surface area (Å²) in [5.41, 5.74) is 7.87. The number of ether oxygens (including phenoxy) is 1. The largest absolute Gasteiger partial charge is 0.497 e. The molecule has 1 aliphatic heterocycles. The highest BCUT2D eigenvalue weighted by molar-refractivity contribution is 6.04. The lowest BCUT2D eigenvalue weighted by Gasteiger charge is -2.31. The quantitative estimate of drug-likeness (QED) is 0.822. The van der Waals surface area contributed by atoms with Gasteiger partial charge in [-0.1, -0.05) is 12.1 Å². The van der Waals surface area contributed by atoms with E-state index >= 15 is 0 Å². The zero-order valence-corrected chi connectivity index (χ0v) is 15.5. The number of rotatable bonds is 6. The Morgan fingerprint density at radius 3 is 2.48 bits per heavy atom. The molecule has 6 nitrogen and oxygen atoms in total. The summed E-state index contributed by atoms with van der Waals surface area (Å²) in [4.78, 5) is 26.0. The molecule has 2 amide bonds. The first kappa shape index (κ1) is 18.9. The fourth-order valence-electron chi connectivity index (χ4n) is 3.33. The molecule has 0 aliphatic carbocycles. The van der Waals surface area contributed by atoms with Gasteiger partial charge in [-0.05, 0) is 61.3 Å². The first-order valence-corrected chi connectivity index (χ1v) is 9.11. The van der Waals surface area contributed by atoms with Crippen molar-refractivity contribution in [3.05, 3.63) is 59.7 Å². The number of piperidine rings is 1. The molecular weight excluding hydrogens is 342 g/mol. The number of carbonyl (C=O) groups excluding carboxylic acids is 2. The monoisotopic (exact) mass is 367 g/mol. The predicted molar refractivity (Wildman–Crippen MR) is 105 cm³/mol. The first-order valence-electron chi connectivity index (χ1n) is 9.11. The first-order chi connectivity index (χ1) is 13.0. The topological polar surface area (TPSA) is 84.7 Å². The van der Waals surface area contributed by atoms with Crippen LogP contribution in [-0.2, 0) is 11.3 Å². The van der Waals surface area contributed by atoms with Gasteiger partial charge in [0, 0.05) is 24.3 Å². The lowest BCUT2D eigenvalue weighted by molar-refractivity contribution is -0.123. The molecule has 1 atom stereocenters. The summed E-state index contributed by atoms with van der Waals surface area (Å²) in [5.74, 6) is 0.311. The minimum Gasteiger partial charge on any atom is -0.497 e. The van der Waals surface area contributed by atoms with E-state index in [9.17, 15) is 9.59 Å². The Labute approximate surface area is 159 Å². The number of likely N-dealkylation sites (tertiary alicyclic amines) is 1. The average Bonchev–Trinajstić information content (AvgIpc) is 2.69. The van der Waals surface area contributed by atoms with Crippen molar-refractivity contribution in [1.29, 1.82) is 0 Å². The van der Waals surface area contributed by atoms with Crippen molar-refractivity contribution in [2.24, 2.45) is 11.7 Å². The van der Waals surface area contributed by atoms with Gasteiger partial charge in [0.05, 0.1) is 13.0 Å². The van der Waals surface area contributed by atoms with Crippen LogP contribution < -0.4 is 15.8 Å². The number of nitrogens with zero attached hydrogens (tertiary/aromatic N) is 1. The Bertz CT molecular complexity index is 787. The molecule has 2 aromatic rings. The van der Waals surface area contributed by atoms with E-state index in [4.69, 9.17) is 10.5 Å². The van der Waals surface area contributed by atoms with Crippen LogP contribution in [0.5, 0.6) is 5.75 Å². The smallest absolute Gasteiger partial charge is 0.255 e. The molecule has 0 aromatic heterocycles. The second-order valence-electron chi connectivity index (χ2n) is 6.86. The number of nitrogens with one attached hydrogen (secondary N) is 1. The molecule has 0 unspecified atom stereocenters. The van der Waals surface area contributed by atoms with E-state index in [1.54, 1.807) is 31.4 Å². The summed E-state index contributed by atoms with van der Waals surface area (Å²) in [6, 6.07) is 14.8. The average molecular weight is 367 g/mol. The summed E-state index contributed by atoms with van der Waals surface area (Å²) < 4.78 is 5.11. The van der Waals surface area contributed by atoms with Gasteiger partial charge in [0.15, 0.2) is 0 Å². The van der Waals surface area contributed by atoms with E-state index in [0.29, 0.717) is 12.1 Å². The standard InChI is InChI=1S/C21H25N3O3/c1-27-19-10-8-18(9-11-19)23-21(26)16-6-4-15(5-7-16)13-24-12-2-3-17(14-24)20(22)25/h4-11,17H,2-3,12-14H2,1H3,(H2,22,25)(H,23,26)/t17-/m0/s1. The van der Waals surface area contributed by atoms with Crippen LogP contribution in [0.4, 0.5) is 5.69 Å². The van der Waals surface area contributed by atoms with Gasteiger partial charge in [-0.3, -0.25) is 14.5 Å². The van der Waals surface area contributed by atoms with Crippen LogP contribution in [0.15, 0.2) is 48.5 Å². The van der Waals surface area contributed by atoms with Gasteiger partial charge in [-0.2, -0.15) is 0 Å². The summed E-state index contributed by atoms with van der Waals surface area (Å²) in [6.45, 7) is 2.42. The third kappa shape index (κ3) is 5.08. The Morgan fingerprint density at radius 1 is 1.15 bits per heavy atom. The van der Waals surface area contributed by atoms with E-state index in [2.05, 4.69) is 10.2 Å². The zero-order chi connectivity index (χ0) is 19.2. The normalized spacial score (nSPS) is 17.3. The minimum absolute atomic E-state index is 0.0618. The van der Waals surface area contributed by atoms with Crippen molar-refractivity contribution < 1.29 is 14.3 Å². The number of anilines is 1. The maximum absolute atomic E-state index is 12.4. The fraction of sp³-hybridized carbons (Fsp3) is 0.333. The zero-order valence-electron chi connectivity index (χ0n) is 15.5. The highest BCUT2D eigenvalue weighted by atomic mass is 16.5. The van der Waals surface area contributed by atoms with E-state index in [-0.39, 0.29) is 17.7 Å². The molecule has 2 aromatic carbocycles. The molecule has 6 heteroatoms. The van der Waals surface area contributed by atoms with E-state index in [0.717, 1.165) is 42.9 Å². The number of hydrogen-bond acceptors (Lipinski definition) is 4. The van der Waals surface area contributed by atoms with Crippen molar-refractivity contribution in [1.82, 2.24) is 4.90 Å². The molecule has 27 heavy (non-hydrogen) atoms. The van der Waals surface area contributed by atoms with Crippen LogP contribution in [0.1, 0.15) is 28.8 Å². The predicted octanol–water partition coefficient (Wildman–Crippen LogP) is 2.64. The summed E-state index contributed by atoms with van der Waals surface area (Å²) >= 11 is 0. The van der Waals surface area contributed by atoms with Crippen molar-refractivity contribution >= 4 is 17.5 Å². The number of amides is 2. The molecule has 1 fully saturated rings. The van der Waals surface area contributed by atoms with E-state index in [1.807, 2.05) is 24.3 Å². The van der Waals surface area contributed by atoms with Gasteiger partial charge in [0.25, 0.3) is 5.91 Å². The summed E-state index contributed by atoms with van der Waals surface area (Å²) in [6.07, 6.45) is 1.85. The summed E-state index contributed by atoms with van der Waals surface area (Å²) in [5, 5.41) is 2.87. The summed E-state index contributed by atoms with van der Waals surface area (Å²) in [7, 11) is 1.60. The fourth-order valence-corrected chi connectivity index (χ4v) is 3.33. The number of methoxy groups -OCH3 is 1. The van der Waals surface area contributed by atoms with Crippen LogP contribution in [-0.4, -0.2) is 36.9 Å². The Morgan fingerprint density at radius 2 is 1.85 bits per heavy atom. The van der Waals surface area contributed by atoms with Crippen LogP contribution in [0, 0.1) is 5.92 Å². The number of nitrogens with two attached hydrogens (primary N) is 1. The van der Waals surface area contributed by atoms with Gasteiger partial charge < -0.3 is 15.8 Å². The van der Waals surface area contributed by atoms with E-state index < -0.39 is 0 Å². The Hall–Kier alpha value is -2.86. The maximum atomic E-state index is 12.4. The maximum Gasteiger partial charge on any atom is 0.255 e. The molecule has 0 spiro atoms. The Balaban J connectivity index is 1.57. The van der Waals surface area contributed by atoms with Crippen LogP contribution in [0.3, 0.4) is 0 Å². The molecule has 1 aliphatic rings. The lowest BCUT2D eigenvalue weighted by Crippen LogP contribution is -2.40. The molecule has 0 bridgehead atoms. The van der Waals surface area contributed by atoms with Crippen molar-refractivity contribution in [3.63, 3.8) is 0 Å². The molecule has 0 radical (unpaired) electrons. The second-order valence-corrected chi connectivity index (χ2v) is 6.86. The SMILES string of the molecule is COc1ccc(NC(=O)c2ccc(CN3CCC[C@H](C(N)=O)C3)cc2)cc1. The lowest BCUT2D eigenvalue weighted by atomic mass is 9.97. The van der Waals surface area contributed by atoms with Gasteiger partial charge >= 0.3 is 0 Å². The van der Waals surface area contributed by atoms with Crippen molar-refractivity contribution in [2.45, 2.75) is 19.4 Å². The van der Waals surface area contributed by atoms with Crippen LogP contribution in [0.25, 0.3) is 0 Å². The highest BCUT2D eigenvalue weighted by Gasteiger charge is 2.23. The van der Waals surface area contributed by atoms with Gasteiger partial charge in [-0.15, -0.1) is 0 Å². The molecule has 1 heterocycles. The molecular formula is C21H25N3O3. The van der Waals surface area contributed by atoms with E-state index in [1.165, 1.54) is 0 Å². The highest BCUT2D eigenvalue weighted by Crippen LogP contribution is 2.19. The van der Waals surface area contributed by atoms with Crippen LogP contribution >= 0.6 is 0 Å². The number of benzene rings is 2. The van der Waals surface area contributed by atoms with Crippen molar-refractivity contribution in [3.8, 4) is 5.75 Å². The molecule has 0 saturated carbocycles. The molecule has 3 rings (SSSR count). The van der Waals surface area contributed by atoms with Crippen molar-refractivity contribution in [2.75, 3.05) is 25.5 Å². The third-order valence-electron chi connectivity index (χ3n) is 4.88. The third-order valence-corrected chi connectivity index (χ3v) is 4.88. The minimum atomic E-state index is -0.217. The van der Waals surface area contributed by atoms with Gasteiger partial charge in [0.2, 0.25) is 5.91 Å². The molecule has 3 N–H and O–H groups in total. The number of hydrogen-bond donors (Lipinski definition) is 2. The Kier molecular flexibility index (Phi) is 6.08. The second kappa shape index (κ2) is 8.68. The van der Waals surface area contributed by atoms with Gasteiger partial charge in [0.1, 0.15) is 5.75 Å². The number of primary amides is 1. The number of carbonyl (C=O) groups is 2. The van der Waals surface area contributed by atoms with Crippen LogP contribution in [0.2, 0.25) is 0 Å².